The van der Waals surface area contributed by atoms with Crippen molar-refractivity contribution in [3.63, 3.8) is 0 Å². The van der Waals surface area contributed by atoms with Crippen LogP contribution in [0.5, 0.6) is 0 Å². The summed E-state index contributed by atoms with van der Waals surface area (Å²) >= 11 is 10.3. The van der Waals surface area contributed by atoms with Crippen LogP contribution >= 0.6 is 23.2 Å². The number of fused-ring (bicyclic) bond motifs is 1. The molecule has 0 aliphatic carbocycles. The van der Waals surface area contributed by atoms with Crippen molar-refractivity contribution >= 4 is 62.7 Å². The highest BCUT2D eigenvalue weighted by atomic mass is 35.5. The molecule has 4 rings (SSSR count). The van der Waals surface area contributed by atoms with Crippen molar-refractivity contribution in [2.75, 3.05) is 4.31 Å². The van der Waals surface area contributed by atoms with Crippen LogP contribution in [0.4, 0.5) is 15.8 Å². The molecule has 0 fully saturated rings. The third kappa shape index (κ3) is 4.69. The number of hydrogen-bond acceptors (Lipinski definition) is 3. The van der Waals surface area contributed by atoms with Gasteiger partial charge in [0.2, 0.25) is 0 Å². The molecule has 186 valence electrons. The van der Waals surface area contributed by atoms with Crippen molar-refractivity contribution in [2.24, 2.45) is 0 Å². The van der Waals surface area contributed by atoms with E-state index in [1.807, 2.05) is 20.8 Å². The third-order valence-corrected chi connectivity index (χ3v) is 7.24. The average molecular weight is 547 g/mol. The van der Waals surface area contributed by atoms with E-state index in [9.17, 15) is 18.7 Å². The molecule has 6 nitrogen and oxygen atoms in total. The Morgan fingerprint density at radius 2 is 1.81 bits per heavy atom. The van der Waals surface area contributed by atoms with Gasteiger partial charge >= 0.3 is 5.97 Å². The molecule has 0 aliphatic rings. The Balaban J connectivity index is 2.02. The Kier molecular flexibility index (Phi) is 7.07. The maximum atomic E-state index is 15.1. The number of anilines is 2. The molecule has 10 heteroatoms. The van der Waals surface area contributed by atoms with Crippen LogP contribution in [0.2, 0.25) is 10.0 Å². The van der Waals surface area contributed by atoms with Crippen molar-refractivity contribution in [1.29, 1.82) is 0 Å². The standard InChI is InChI=1S/C26H21Cl2FN2O4S/c1-26(2,3)18-9-6-14(13-20(18)29)31(36(34)35)21-11-10-19(27)23(28)22(21)15-7-8-17(25(32)33)24-16(15)5-4-12-30-24/h4-13H,1-3H3,(H,32,33)(H,34,35). The molecule has 36 heavy (non-hydrogen) atoms. The first-order valence-electron chi connectivity index (χ1n) is 10.7. The van der Waals surface area contributed by atoms with Gasteiger partial charge in [0.25, 0.3) is 11.3 Å². The minimum absolute atomic E-state index is 0.0171. The number of aromatic carboxylic acids is 1. The molecule has 0 bridgehead atoms. The molecule has 1 unspecified atom stereocenters. The van der Waals surface area contributed by atoms with E-state index in [-0.39, 0.29) is 38.1 Å². The number of carboxylic acids is 1. The first kappa shape index (κ1) is 26.0. The Bertz CT molecular complexity index is 1540. The molecular formula is C26H21Cl2FN2O4S. The number of pyridine rings is 1. The fraction of sp³-hybridized carbons (Fsp3) is 0.154. The summed E-state index contributed by atoms with van der Waals surface area (Å²) in [6.45, 7) is 5.60. The molecule has 4 aromatic rings. The molecule has 1 aromatic heterocycles. The van der Waals surface area contributed by atoms with Crippen molar-refractivity contribution in [3.8, 4) is 11.1 Å². The zero-order chi connectivity index (χ0) is 26.4. The topological polar surface area (TPSA) is 90.7 Å². The summed E-state index contributed by atoms with van der Waals surface area (Å²) < 4.78 is 39.0. The average Bonchev–Trinajstić information content (AvgIpc) is 2.80. The van der Waals surface area contributed by atoms with Gasteiger partial charge in [0, 0.05) is 17.1 Å². The fourth-order valence-corrected chi connectivity index (χ4v) is 5.11. The molecule has 1 atom stereocenters. The highest BCUT2D eigenvalue weighted by Gasteiger charge is 2.27. The lowest BCUT2D eigenvalue weighted by Gasteiger charge is -2.26. The number of nitrogens with zero attached hydrogens (tertiary/aromatic N) is 2. The number of carboxylic acid groups (broad SMARTS) is 1. The maximum Gasteiger partial charge on any atom is 0.337 e. The lowest BCUT2D eigenvalue weighted by atomic mass is 9.86. The Labute approximate surface area is 219 Å². The molecule has 0 aliphatic heterocycles. The summed E-state index contributed by atoms with van der Waals surface area (Å²) in [7, 11) is 0. The van der Waals surface area contributed by atoms with Crippen LogP contribution < -0.4 is 4.31 Å². The second kappa shape index (κ2) is 9.78. The minimum Gasteiger partial charge on any atom is -0.478 e. The van der Waals surface area contributed by atoms with Crippen molar-refractivity contribution in [2.45, 2.75) is 26.2 Å². The first-order valence-corrected chi connectivity index (χ1v) is 12.5. The summed E-state index contributed by atoms with van der Waals surface area (Å²) in [6, 6.07) is 13.5. The lowest BCUT2D eigenvalue weighted by molar-refractivity contribution is 0.0699. The molecule has 0 spiro atoms. The third-order valence-electron chi connectivity index (χ3n) is 5.71. The zero-order valence-electron chi connectivity index (χ0n) is 19.4. The highest BCUT2D eigenvalue weighted by Crippen LogP contribution is 2.46. The van der Waals surface area contributed by atoms with E-state index in [0.717, 1.165) is 4.31 Å². The Morgan fingerprint density at radius 3 is 2.42 bits per heavy atom. The molecule has 0 amide bonds. The van der Waals surface area contributed by atoms with Gasteiger partial charge in [0.1, 0.15) is 5.82 Å². The normalized spacial score (nSPS) is 12.5. The largest absolute Gasteiger partial charge is 0.478 e. The summed E-state index contributed by atoms with van der Waals surface area (Å²) in [5, 5.41) is 10.3. The Hall–Kier alpha value is -3.04. The number of carbonyl (C=O) groups is 1. The van der Waals surface area contributed by atoms with E-state index in [4.69, 9.17) is 23.2 Å². The van der Waals surface area contributed by atoms with Crippen molar-refractivity contribution in [1.82, 2.24) is 4.98 Å². The molecule has 2 N–H and O–H groups in total. The SMILES string of the molecule is CC(C)(C)c1ccc(N(c2ccc(Cl)c(Cl)c2-c2ccc(C(=O)O)c3ncccc23)S(=O)O)cc1F. The van der Waals surface area contributed by atoms with Gasteiger partial charge in [-0.15, -0.1) is 0 Å². The monoisotopic (exact) mass is 546 g/mol. The predicted octanol–water partition coefficient (Wildman–Crippen LogP) is 7.62. The molecular weight excluding hydrogens is 526 g/mol. The van der Waals surface area contributed by atoms with Gasteiger partial charge in [0.15, 0.2) is 0 Å². The van der Waals surface area contributed by atoms with Gasteiger partial charge in [0.05, 0.1) is 32.5 Å². The molecule has 0 saturated carbocycles. The number of aromatic nitrogens is 1. The van der Waals surface area contributed by atoms with E-state index in [1.54, 1.807) is 24.3 Å². The van der Waals surface area contributed by atoms with Crippen LogP contribution in [-0.4, -0.2) is 24.8 Å². The summed E-state index contributed by atoms with van der Waals surface area (Å²) in [6.07, 6.45) is 1.47. The maximum absolute atomic E-state index is 15.1. The number of benzene rings is 3. The van der Waals surface area contributed by atoms with Gasteiger partial charge < -0.3 is 5.11 Å². The summed E-state index contributed by atoms with van der Waals surface area (Å²) in [5.74, 6) is -1.69. The summed E-state index contributed by atoms with van der Waals surface area (Å²) in [4.78, 5) is 16.0. The van der Waals surface area contributed by atoms with E-state index in [2.05, 4.69) is 4.98 Å². The van der Waals surface area contributed by atoms with E-state index < -0.39 is 28.5 Å². The zero-order valence-corrected chi connectivity index (χ0v) is 21.7. The number of rotatable bonds is 5. The van der Waals surface area contributed by atoms with Crippen LogP contribution in [0.15, 0.2) is 60.8 Å². The van der Waals surface area contributed by atoms with Gasteiger partial charge in [-0.3, -0.25) is 9.54 Å². The van der Waals surface area contributed by atoms with Crippen molar-refractivity contribution < 1.29 is 23.1 Å². The fourth-order valence-electron chi connectivity index (χ4n) is 4.08. The van der Waals surface area contributed by atoms with Crippen LogP contribution in [0.1, 0.15) is 36.7 Å². The number of hydrogen-bond donors (Lipinski definition) is 2. The lowest BCUT2D eigenvalue weighted by Crippen LogP contribution is -2.21. The van der Waals surface area contributed by atoms with Crippen LogP contribution in [-0.2, 0) is 16.7 Å². The van der Waals surface area contributed by atoms with Gasteiger partial charge in [-0.2, -0.15) is 0 Å². The summed E-state index contributed by atoms with van der Waals surface area (Å²) in [5.41, 5.74) is 1.16. The van der Waals surface area contributed by atoms with Gasteiger partial charge in [-0.05, 0) is 52.9 Å². The van der Waals surface area contributed by atoms with E-state index >= 15 is 4.39 Å². The smallest absolute Gasteiger partial charge is 0.337 e. The van der Waals surface area contributed by atoms with Crippen LogP contribution in [0.3, 0.4) is 0 Å². The molecule has 0 radical (unpaired) electrons. The second-order valence-electron chi connectivity index (χ2n) is 9.06. The van der Waals surface area contributed by atoms with Gasteiger partial charge in [-0.25, -0.2) is 17.7 Å². The van der Waals surface area contributed by atoms with Crippen LogP contribution in [0.25, 0.3) is 22.0 Å². The molecule has 0 saturated heterocycles. The first-order chi connectivity index (χ1) is 16.9. The van der Waals surface area contributed by atoms with Gasteiger partial charge in [-0.1, -0.05) is 62.2 Å². The van der Waals surface area contributed by atoms with Crippen molar-refractivity contribution in [3.05, 3.63) is 87.8 Å². The number of halogens is 3. The Morgan fingerprint density at radius 1 is 1.08 bits per heavy atom. The second-order valence-corrected chi connectivity index (χ2v) is 10.7. The van der Waals surface area contributed by atoms with E-state index in [1.165, 1.54) is 36.5 Å². The molecule has 1 heterocycles. The van der Waals surface area contributed by atoms with Crippen LogP contribution in [0, 0.1) is 5.82 Å². The highest BCUT2D eigenvalue weighted by molar-refractivity contribution is 7.81. The predicted molar refractivity (Wildman–Crippen MR) is 142 cm³/mol. The molecule has 3 aromatic carbocycles. The minimum atomic E-state index is -2.63. The van der Waals surface area contributed by atoms with E-state index in [0.29, 0.717) is 16.5 Å². The quantitative estimate of drug-likeness (QED) is 0.251.